The highest BCUT2D eigenvalue weighted by molar-refractivity contribution is 14.1. The van der Waals surface area contributed by atoms with Crippen LogP contribution in [0.1, 0.15) is 18.1 Å². The van der Waals surface area contributed by atoms with Crippen LogP contribution in [0, 0.1) is 3.57 Å². The molecule has 1 atom stereocenters. The highest BCUT2D eigenvalue weighted by atomic mass is 127. The van der Waals surface area contributed by atoms with Crippen molar-refractivity contribution in [3.63, 3.8) is 0 Å². The molecule has 26 heavy (non-hydrogen) atoms. The number of amides is 1. The third kappa shape index (κ3) is 6.34. The lowest BCUT2D eigenvalue weighted by Gasteiger charge is -2.18. The van der Waals surface area contributed by atoms with Crippen molar-refractivity contribution in [3.8, 4) is 5.75 Å². The third-order valence-corrected chi connectivity index (χ3v) is 4.49. The second-order valence-corrected chi connectivity index (χ2v) is 7.37. The Morgan fingerprint density at radius 1 is 1.23 bits per heavy atom. The molecule has 0 aliphatic rings. The van der Waals surface area contributed by atoms with Crippen LogP contribution in [0.4, 0.5) is 10.5 Å². The number of nitrogens with one attached hydrogen (secondary N) is 1. The van der Waals surface area contributed by atoms with Gasteiger partial charge in [-0.15, -0.1) is 0 Å². The van der Waals surface area contributed by atoms with Crippen LogP contribution in [0.5, 0.6) is 5.75 Å². The molecule has 2 aromatic rings. The summed E-state index contributed by atoms with van der Waals surface area (Å²) < 4.78 is 7.14. The maximum Gasteiger partial charge on any atom is 0.412 e. The second kappa shape index (κ2) is 9.58. The summed E-state index contributed by atoms with van der Waals surface area (Å²) in [6.45, 7) is 0. The molecule has 2 rings (SSSR count). The number of carboxylic acid groups (broad SMARTS) is 1. The van der Waals surface area contributed by atoms with Crippen molar-refractivity contribution in [1.82, 2.24) is 0 Å². The maximum absolute atomic E-state index is 12.2. The van der Waals surface area contributed by atoms with Gasteiger partial charge in [0.15, 0.2) is 0 Å². The van der Waals surface area contributed by atoms with Crippen LogP contribution in [0.2, 0.25) is 0 Å². The van der Waals surface area contributed by atoms with E-state index in [4.69, 9.17) is 9.84 Å². The number of aromatic hydroxyl groups is 1. The largest absolute Gasteiger partial charge is 0.508 e. The van der Waals surface area contributed by atoms with Crippen LogP contribution in [0.3, 0.4) is 0 Å². The zero-order valence-electron chi connectivity index (χ0n) is 13.4. The van der Waals surface area contributed by atoms with Gasteiger partial charge in [0, 0.05) is 31.8 Å². The summed E-state index contributed by atoms with van der Waals surface area (Å²) in [5.74, 6) is -1.13. The minimum Gasteiger partial charge on any atom is -0.508 e. The highest BCUT2D eigenvalue weighted by Gasteiger charge is 2.20. The summed E-state index contributed by atoms with van der Waals surface area (Å²) in [7, 11) is 0. The van der Waals surface area contributed by atoms with Crippen molar-refractivity contribution < 1.29 is 24.5 Å². The lowest BCUT2D eigenvalue weighted by Crippen LogP contribution is -2.17. The number of carbonyl (C=O) groups is 2. The molecule has 0 aromatic heterocycles. The van der Waals surface area contributed by atoms with Gasteiger partial charge in [-0.25, -0.2) is 9.59 Å². The molecule has 6 nitrogen and oxygen atoms in total. The number of hydrogen-bond donors (Lipinski definition) is 3. The molecule has 1 amide bonds. The SMILES string of the molecule is O=C(O)/C=C/C[C@@H](OC(=O)Nc1ccc(Br)cc1)c1cc(I)ccc1O. The maximum atomic E-state index is 12.2. The highest BCUT2D eigenvalue weighted by Crippen LogP contribution is 2.31. The number of ether oxygens (including phenoxy) is 1. The van der Waals surface area contributed by atoms with E-state index in [-0.39, 0.29) is 12.2 Å². The topological polar surface area (TPSA) is 95.9 Å². The summed E-state index contributed by atoms with van der Waals surface area (Å²) in [6.07, 6.45) is 0.899. The molecule has 0 saturated carbocycles. The van der Waals surface area contributed by atoms with E-state index in [2.05, 4.69) is 43.8 Å². The third-order valence-electron chi connectivity index (χ3n) is 3.29. The van der Waals surface area contributed by atoms with Gasteiger partial charge in [-0.1, -0.05) is 22.0 Å². The van der Waals surface area contributed by atoms with Gasteiger partial charge in [0.05, 0.1) is 0 Å². The van der Waals surface area contributed by atoms with Crippen LogP contribution in [0.25, 0.3) is 0 Å². The van der Waals surface area contributed by atoms with Gasteiger partial charge in [-0.2, -0.15) is 0 Å². The van der Waals surface area contributed by atoms with E-state index in [1.165, 1.54) is 12.1 Å². The van der Waals surface area contributed by atoms with Gasteiger partial charge < -0.3 is 14.9 Å². The number of phenols is 1. The number of rotatable bonds is 6. The van der Waals surface area contributed by atoms with Gasteiger partial charge in [0.1, 0.15) is 11.9 Å². The number of phenolic OH excluding ortho intramolecular Hbond substituents is 1. The van der Waals surface area contributed by atoms with Crippen molar-refractivity contribution in [2.75, 3.05) is 5.32 Å². The number of hydrogen-bond acceptors (Lipinski definition) is 4. The lowest BCUT2D eigenvalue weighted by molar-refractivity contribution is -0.131. The first-order valence-electron chi connectivity index (χ1n) is 7.46. The average molecular weight is 532 g/mol. The van der Waals surface area contributed by atoms with Gasteiger partial charge in [0.2, 0.25) is 0 Å². The Balaban J connectivity index is 2.17. The fourth-order valence-corrected chi connectivity index (χ4v) is 2.90. The molecule has 0 saturated heterocycles. The summed E-state index contributed by atoms with van der Waals surface area (Å²) in [6, 6.07) is 11.8. The smallest absolute Gasteiger partial charge is 0.412 e. The summed E-state index contributed by atoms with van der Waals surface area (Å²) in [4.78, 5) is 22.9. The predicted octanol–water partition coefficient (Wildman–Crippen LogP) is 5.08. The average Bonchev–Trinajstić information content (AvgIpc) is 2.58. The Bertz CT molecular complexity index is 823. The predicted molar refractivity (Wildman–Crippen MR) is 109 cm³/mol. The fourth-order valence-electron chi connectivity index (χ4n) is 2.12. The fraction of sp³-hybridized carbons (Fsp3) is 0.111. The van der Waals surface area contributed by atoms with Crippen LogP contribution >= 0.6 is 38.5 Å². The molecule has 8 heteroatoms. The molecule has 0 aliphatic heterocycles. The number of carboxylic acids is 1. The Labute approximate surface area is 172 Å². The monoisotopic (exact) mass is 531 g/mol. The van der Waals surface area contributed by atoms with Gasteiger partial charge >= 0.3 is 12.1 Å². The van der Waals surface area contributed by atoms with Crippen molar-refractivity contribution in [2.24, 2.45) is 0 Å². The summed E-state index contributed by atoms with van der Waals surface area (Å²) in [5.41, 5.74) is 0.947. The van der Waals surface area contributed by atoms with Crippen LogP contribution in [-0.4, -0.2) is 22.3 Å². The molecule has 0 spiro atoms. The molecule has 136 valence electrons. The Morgan fingerprint density at radius 2 is 1.92 bits per heavy atom. The first-order valence-corrected chi connectivity index (χ1v) is 9.33. The molecular formula is C18H15BrINO5. The Morgan fingerprint density at radius 3 is 2.58 bits per heavy atom. The molecule has 0 aliphatic carbocycles. The molecule has 0 unspecified atom stereocenters. The van der Waals surface area contributed by atoms with Crippen molar-refractivity contribution >= 4 is 56.3 Å². The Kier molecular flexibility index (Phi) is 7.46. The summed E-state index contributed by atoms with van der Waals surface area (Å²) >= 11 is 5.38. The molecule has 2 aromatic carbocycles. The molecule has 0 bridgehead atoms. The zero-order chi connectivity index (χ0) is 19.1. The van der Waals surface area contributed by atoms with Gasteiger partial charge in [0.25, 0.3) is 0 Å². The molecule has 0 radical (unpaired) electrons. The lowest BCUT2D eigenvalue weighted by atomic mass is 10.1. The molecule has 0 heterocycles. The number of aliphatic carboxylic acids is 1. The van der Waals surface area contributed by atoms with Crippen molar-refractivity contribution in [1.29, 1.82) is 0 Å². The van der Waals surface area contributed by atoms with Crippen LogP contribution in [-0.2, 0) is 9.53 Å². The quantitative estimate of drug-likeness (QED) is 0.357. The van der Waals surface area contributed by atoms with Gasteiger partial charge in [-0.3, -0.25) is 5.32 Å². The molecular weight excluding hydrogens is 517 g/mol. The van der Waals surface area contributed by atoms with E-state index in [9.17, 15) is 14.7 Å². The molecule has 3 N–H and O–H groups in total. The second-order valence-electron chi connectivity index (χ2n) is 5.21. The van der Waals surface area contributed by atoms with E-state index < -0.39 is 18.2 Å². The molecule has 0 fully saturated rings. The number of benzene rings is 2. The zero-order valence-corrected chi connectivity index (χ0v) is 17.1. The summed E-state index contributed by atoms with van der Waals surface area (Å²) in [5, 5.41) is 21.4. The number of anilines is 1. The standard InChI is InChI=1S/C18H15BrINO5/c19-11-4-7-13(8-5-11)21-18(25)26-16(2-1-3-17(23)24)14-10-12(20)6-9-15(14)22/h1,3-10,16,22H,2H2,(H,21,25)(H,23,24)/b3-1+/t16-/m1/s1. The number of carbonyl (C=O) groups excluding carboxylic acids is 1. The van der Waals surface area contributed by atoms with E-state index >= 15 is 0 Å². The van der Waals surface area contributed by atoms with Crippen LogP contribution < -0.4 is 5.32 Å². The van der Waals surface area contributed by atoms with Crippen molar-refractivity contribution in [3.05, 3.63) is 68.2 Å². The minimum atomic E-state index is -1.10. The van der Waals surface area contributed by atoms with E-state index in [1.807, 2.05) is 0 Å². The first-order chi connectivity index (χ1) is 12.3. The minimum absolute atomic E-state index is 0.0319. The van der Waals surface area contributed by atoms with Crippen molar-refractivity contribution in [2.45, 2.75) is 12.5 Å². The first kappa shape index (κ1) is 20.2. The van der Waals surface area contributed by atoms with Gasteiger partial charge in [-0.05, 0) is 65.1 Å². The Hall–Kier alpha value is -2.07. The van der Waals surface area contributed by atoms with Crippen LogP contribution in [0.15, 0.2) is 59.1 Å². The van der Waals surface area contributed by atoms with E-state index in [0.29, 0.717) is 11.3 Å². The van der Waals surface area contributed by atoms with E-state index in [1.54, 1.807) is 36.4 Å². The number of halogens is 2. The van der Waals surface area contributed by atoms with E-state index in [0.717, 1.165) is 14.1 Å². The normalized spacial score (nSPS) is 11.9.